The lowest BCUT2D eigenvalue weighted by atomic mass is 9.91. The molecule has 2 rings (SSSR count). The predicted octanol–water partition coefficient (Wildman–Crippen LogP) is 2.74. The number of aryl methyl sites for hydroxylation is 1. The molecule has 0 radical (unpaired) electrons. The predicted molar refractivity (Wildman–Crippen MR) is 84.6 cm³/mol. The fourth-order valence-corrected chi connectivity index (χ4v) is 2.90. The molecule has 1 aromatic carbocycles. The molecule has 116 valence electrons. The van der Waals surface area contributed by atoms with E-state index < -0.39 is 0 Å². The van der Waals surface area contributed by atoms with Gasteiger partial charge in [0, 0.05) is 12.1 Å². The van der Waals surface area contributed by atoms with Gasteiger partial charge in [-0.3, -0.25) is 4.79 Å². The van der Waals surface area contributed by atoms with Crippen molar-refractivity contribution in [2.45, 2.75) is 58.0 Å². The monoisotopic (exact) mass is 290 g/mol. The molecular formula is C17H26N2O2. The average Bonchev–Trinajstić information content (AvgIpc) is 2.49. The largest absolute Gasteiger partial charge is 0.507 e. The molecule has 3 N–H and O–H groups in total. The SMILES string of the molecule is CCCNC1CCC(NC(=O)c2cccc(C)c2O)CC1. The molecule has 0 spiro atoms. The van der Waals surface area contributed by atoms with Gasteiger partial charge in [-0.2, -0.15) is 0 Å². The number of aromatic hydroxyl groups is 1. The van der Waals surface area contributed by atoms with Gasteiger partial charge in [-0.05, 0) is 57.2 Å². The minimum atomic E-state index is -0.166. The Bertz CT molecular complexity index is 480. The van der Waals surface area contributed by atoms with Gasteiger partial charge in [0.1, 0.15) is 5.75 Å². The quantitative estimate of drug-likeness (QED) is 0.781. The van der Waals surface area contributed by atoms with E-state index >= 15 is 0 Å². The molecule has 1 aliphatic rings. The van der Waals surface area contributed by atoms with Crippen molar-refractivity contribution in [3.63, 3.8) is 0 Å². The molecule has 4 heteroatoms. The van der Waals surface area contributed by atoms with Gasteiger partial charge in [-0.1, -0.05) is 19.1 Å². The Morgan fingerprint density at radius 1 is 1.24 bits per heavy atom. The summed E-state index contributed by atoms with van der Waals surface area (Å²) < 4.78 is 0. The first-order valence-electron chi connectivity index (χ1n) is 7.94. The van der Waals surface area contributed by atoms with Crippen LogP contribution in [-0.2, 0) is 0 Å². The lowest BCUT2D eigenvalue weighted by molar-refractivity contribution is 0.0921. The Morgan fingerprint density at radius 2 is 1.90 bits per heavy atom. The highest BCUT2D eigenvalue weighted by molar-refractivity contribution is 5.97. The van der Waals surface area contributed by atoms with E-state index in [1.54, 1.807) is 25.1 Å². The lowest BCUT2D eigenvalue weighted by Gasteiger charge is -2.29. The minimum absolute atomic E-state index is 0.0910. The summed E-state index contributed by atoms with van der Waals surface area (Å²) in [6.45, 7) is 5.04. The highest BCUT2D eigenvalue weighted by atomic mass is 16.3. The maximum atomic E-state index is 12.3. The van der Waals surface area contributed by atoms with E-state index in [1.807, 2.05) is 0 Å². The van der Waals surface area contributed by atoms with Crippen molar-refractivity contribution >= 4 is 5.91 Å². The normalized spacial score (nSPS) is 22.0. The molecule has 4 nitrogen and oxygen atoms in total. The standard InChI is InChI=1S/C17H26N2O2/c1-3-11-18-13-7-9-14(10-8-13)19-17(21)15-6-4-5-12(2)16(15)20/h4-6,13-14,18,20H,3,7-11H2,1-2H3,(H,19,21). The van der Waals surface area contributed by atoms with Crippen molar-refractivity contribution in [1.82, 2.24) is 10.6 Å². The zero-order valence-corrected chi connectivity index (χ0v) is 13.0. The van der Waals surface area contributed by atoms with E-state index in [4.69, 9.17) is 0 Å². The molecule has 21 heavy (non-hydrogen) atoms. The Balaban J connectivity index is 1.86. The topological polar surface area (TPSA) is 61.4 Å². The lowest BCUT2D eigenvalue weighted by Crippen LogP contribution is -2.42. The third kappa shape index (κ3) is 4.21. The molecule has 0 atom stereocenters. The number of phenols is 1. The van der Waals surface area contributed by atoms with Gasteiger partial charge in [0.05, 0.1) is 5.56 Å². The molecule has 0 heterocycles. The Hall–Kier alpha value is -1.55. The third-order valence-electron chi connectivity index (χ3n) is 4.23. The second kappa shape index (κ2) is 7.46. The zero-order valence-electron chi connectivity index (χ0n) is 13.0. The van der Waals surface area contributed by atoms with Gasteiger partial charge in [-0.15, -0.1) is 0 Å². The van der Waals surface area contributed by atoms with Gasteiger partial charge in [0.15, 0.2) is 0 Å². The second-order valence-corrected chi connectivity index (χ2v) is 5.95. The van der Waals surface area contributed by atoms with E-state index in [1.165, 1.54) is 0 Å². The van der Waals surface area contributed by atoms with Crippen LogP contribution in [0.3, 0.4) is 0 Å². The molecule has 0 aromatic heterocycles. The van der Waals surface area contributed by atoms with E-state index in [-0.39, 0.29) is 17.7 Å². The number of para-hydroxylation sites is 1. The summed E-state index contributed by atoms with van der Waals surface area (Å²) in [5.41, 5.74) is 1.11. The second-order valence-electron chi connectivity index (χ2n) is 5.95. The number of amides is 1. The summed E-state index contributed by atoms with van der Waals surface area (Å²) in [6, 6.07) is 6.08. The van der Waals surface area contributed by atoms with Crippen LogP contribution in [0.1, 0.15) is 54.9 Å². The van der Waals surface area contributed by atoms with Gasteiger partial charge < -0.3 is 15.7 Å². The van der Waals surface area contributed by atoms with Crippen molar-refractivity contribution in [3.8, 4) is 5.75 Å². The smallest absolute Gasteiger partial charge is 0.255 e. The van der Waals surface area contributed by atoms with Crippen molar-refractivity contribution < 1.29 is 9.90 Å². The molecule has 1 aliphatic carbocycles. The number of carbonyl (C=O) groups is 1. The Labute approximate surface area is 126 Å². The van der Waals surface area contributed by atoms with Crippen molar-refractivity contribution in [1.29, 1.82) is 0 Å². The first kappa shape index (κ1) is 15.8. The minimum Gasteiger partial charge on any atom is -0.507 e. The van der Waals surface area contributed by atoms with E-state index in [9.17, 15) is 9.90 Å². The van der Waals surface area contributed by atoms with Crippen LogP contribution in [0.4, 0.5) is 0 Å². The average molecular weight is 290 g/mol. The maximum Gasteiger partial charge on any atom is 0.255 e. The van der Waals surface area contributed by atoms with Crippen LogP contribution >= 0.6 is 0 Å². The number of hydrogen-bond donors (Lipinski definition) is 3. The molecule has 1 amide bonds. The fourth-order valence-electron chi connectivity index (χ4n) is 2.90. The number of rotatable bonds is 5. The fraction of sp³-hybridized carbons (Fsp3) is 0.588. The summed E-state index contributed by atoms with van der Waals surface area (Å²) >= 11 is 0. The van der Waals surface area contributed by atoms with E-state index in [0.29, 0.717) is 11.6 Å². The van der Waals surface area contributed by atoms with Crippen molar-refractivity contribution in [2.75, 3.05) is 6.54 Å². The molecule has 0 unspecified atom stereocenters. The number of benzene rings is 1. The number of hydrogen-bond acceptors (Lipinski definition) is 3. The van der Waals surface area contributed by atoms with Crippen LogP contribution in [0.5, 0.6) is 5.75 Å². The van der Waals surface area contributed by atoms with Crippen LogP contribution in [0.25, 0.3) is 0 Å². The highest BCUT2D eigenvalue weighted by Crippen LogP contribution is 2.23. The maximum absolute atomic E-state index is 12.3. The number of carbonyl (C=O) groups excluding carboxylic acids is 1. The van der Waals surface area contributed by atoms with Gasteiger partial charge in [0.25, 0.3) is 5.91 Å². The summed E-state index contributed by atoms with van der Waals surface area (Å²) in [6.07, 6.45) is 5.36. The molecule has 1 saturated carbocycles. The van der Waals surface area contributed by atoms with Crippen molar-refractivity contribution in [3.05, 3.63) is 29.3 Å². The molecule has 0 bridgehead atoms. The summed E-state index contributed by atoms with van der Waals surface area (Å²) in [5, 5.41) is 16.6. The number of nitrogens with one attached hydrogen (secondary N) is 2. The molecular weight excluding hydrogens is 264 g/mol. The molecule has 0 aliphatic heterocycles. The summed E-state index contributed by atoms with van der Waals surface area (Å²) in [4.78, 5) is 12.3. The van der Waals surface area contributed by atoms with Crippen LogP contribution in [0, 0.1) is 6.92 Å². The van der Waals surface area contributed by atoms with Crippen LogP contribution in [0.15, 0.2) is 18.2 Å². The van der Waals surface area contributed by atoms with Gasteiger partial charge in [-0.25, -0.2) is 0 Å². The van der Waals surface area contributed by atoms with E-state index in [0.717, 1.165) is 44.2 Å². The van der Waals surface area contributed by atoms with Gasteiger partial charge in [0.2, 0.25) is 0 Å². The summed E-state index contributed by atoms with van der Waals surface area (Å²) in [7, 11) is 0. The van der Waals surface area contributed by atoms with Gasteiger partial charge >= 0.3 is 0 Å². The molecule has 0 saturated heterocycles. The highest BCUT2D eigenvalue weighted by Gasteiger charge is 2.23. The van der Waals surface area contributed by atoms with E-state index in [2.05, 4.69) is 17.6 Å². The van der Waals surface area contributed by atoms with Crippen LogP contribution < -0.4 is 10.6 Å². The Kier molecular flexibility index (Phi) is 5.62. The molecule has 1 aromatic rings. The first-order valence-corrected chi connectivity index (χ1v) is 7.94. The van der Waals surface area contributed by atoms with Crippen LogP contribution in [-0.4, -0.2) is 29.6 Å². The van der Waals surface area contributed by atoms with Crippen LogP contribution in [0.2, 0.25) is 0 Å². The summed E-state index contributed by atoms with van der Waals surface area (Å²) in [5.74, 6) is -0.0746. The third-order valence-corrected chi connectivity index (χ3v) is 4.23. The van der Waals surface area contributed by atoms with Crippen molar-refractivity contribution in [2.24, 2.45) is 0 Å². The Morgan fingerprint density at radius 3 is 2.57 bits per heavy atom. The molecule has 1 fully saturated rings. The zero-order chi connectivity index (χ0) is 15.2. The number of phenolic OH excluding ortho intramolecular Hbond substituents is 1. The first-order chi connectivity index (χ1) is 10.1.